The fraction of sp³-hybridized carbons (Fsp3) is 0.250. The molecule has 4 heteroatoms. The lowest BCUT2D eigenvalue weighted by Gasteiger charge is -2.12. The van der Waals surface area contributed by atoms with E-state index in [4.69, 9.17) is 4.74 Å². The summed E-state index contributed by atoms with van der Waals surface area (Å²) >= 11 is 3.39. The first kappa shape index (κ1) is 15.0. The van der Waals surface area contributed by atoms with E-state index in [0.29, 0.717) is 23.6 Å². The van der Waals surface area contributed by atoms with Crippen LogP contribution >= 0.6 is 15.9 Å². The van der Waals surface area contributed by atoms with Crippen molar-refractivity contribution in [2.45, 2.75) is 19.9 Å². The molecule has 0 saturated carbocycles. The van der Waals surface area contributed by atoms with E-state index in [1.807, 2.05) is 24.3 Å². The minimum atomic E-state index is -0.249. The second-order valence-electron chi connectivity index (χ2n) is 4.45. The molecule has 2 nitrogen and oxygen atoms in total. The van der Waals surface area contributed by atoms with Crippen molar-refractivity contribution in [3.05, 3.63) is 58.3 Å². The number of halogens is 2. The Morgan fingerprint density at radius 3 is 2.75 bits per heavy atom. The average Bonchev–Trinajstić information content (AvgIpc) is 2.42. The summed E-state index contributed by atoms with van der Waals surface area (Å²) in [5.74, 6) is 0.981. The number of ether oxygens (including phenoxy) is 1. The van der Waals surface area contributed by atoms with Gasteiger partial charge in [-0.1, -0.05) is 35.0 Å². The fourth-order valence-electron chi connectivity index (χ4n) is 1.85. The SMILES string of the molecule is CCCNCc1c(F)cccc1Oc1cccc(Br)c1. The van der Waals surface area contributed by atoms with Gasteiger partial charge in [-0.3, -0.25) is 0 Å². The maximum atomic E-state index is 13.9. The third kappa shape index (κ3) is 4.05. The molecule has 0 amide bonds. The maximum Gasteiger partial charge on any atom is 0.134 e. The van der Waals surface area contributed by atoms with Crippen LogP contribution in [-0.2, 0) is 6.54 Å². The predicted octanol–water partition coefficient (Wildman–Crippen LogP) is 4.88. The van der Waals surface area contributed by atoms with Crippen LogP contribution in [0.5, 0.6) is 11.5 Å². The lowest BCUT2D eigenvalue weighted by molar-refractivity contribution is 0.461. The number of benzene rings is 2. The van der Waals surface area contributed by atoms with E-state index in [1.54, 1.807) is 12.1 Å². The summed E-state index contributed by atoms with van der Waals surface area (Å²) in [7, 11) is 0. The van der Waals surface area contributed by atoms with E-state index in [1.165, 1.54) is 6.07 Å². The van der Waals surface area contributed by atoms with Crippen molar-refractivity contribution in [2.24, 2.45) is 0 Å². The van der Waals surface area contributed by atoms with Gasteiger partial charge in [0.05, 0.1) is 0 Å². The van der Waals surface area contributed by atoms with E-state index < -0.39 is 0 Å². The molecule has 0 atom stereocenters. The van der Waals surface area contributed by atoms with Crippen LogP contribution in [0.3, 0.4) is 0 Å². The predicted molar refractivity (Wildman–Crippen MR) is 82.6 cm³/mol. The molecule has 0 radical (unpaired) electrons. The van der Waals surface area contributed by atoms with Crippen molar-refractivity contribution in [3.63, 3.8) is 0 Å². The first-order chi connectivity index (χ1) is 9.70. The number of hydrogen-bond donors (Lipinski definition) is 1. The second kappa shape index (κ2) is 7.41. The zero-order valence-corrected chi connectivity index (χ0v) is 12.9. The third-order valence-corrected chi connectivity index (χ3v) is 3.32. The molecule has 0 aliphatic heterocycles. The van der Waals surface area contributed by atoms with Gasteiger partial charge in [0.2, 0.25) is 0 Å². The zero-order chi connectivity index (χ0) is 14.4. The second-order valence-corrected chi connectivity index (χ2v) is 5.37. The van der Waals surface area contributed by atoms with Crippen LogP contribution in [0.25, 0.3) is 0 Å². The minimum Gasteiger partial charge on any atom is -0.457 e. The van der Waals surface area contributed by atoms with Crippen molar-refractivity contribution in [1.82, 2.24) is 5.32 Å². The van der Waals surface area contributed by atoms with E-state index in [2.05, 4.69) is 28.2 Å². The molecule has 0 aliphatic carbocycles. The van der Waals surface area contributed by atoms with E-state index in [0.717, 1.165) is 17.4 Å². The van der Waals surface area contributed by atoms with Crippen LogP contribution < -0.4 is 10.1 Å². The summed E-state index contributed by atoms with van der Waals surface area (Å²) in [6.45, 7) is 3.39. The van der Waals surface area contributed by atoms with Crippen LogP contribution in [0, 0.1) is 5.82 Å². The number of rotatable bonds is 6. The van der Waals surface area contributed by atoms with Gasteiger partial charge in [0.25, 0.3) is 0 Å². The molecule has 0 unspecified atom stereocenters. The largest absolute Gasteiger partial charge is 0.457 e. The monoisotopic (exact) mass is 337 g/mol. The Morgan fingerprint density at radius 1 is 1.20 bits per heavy atom. The Bertz CT molecular complexity index is 574. The highest BCUT2D eigenvalue weighted by molar-refractivity contribution is 9.10. The highest BCUT2D eigenvalue weighted by atomic mass is 79.9. The number of nitrogens with one attached hydrogen (secondary N) is 1. The van der Waals surface area contributed by atoms with Gasteiger partial charge in [-0.2, -0.15) is 0 Å². The van der Waals surface area contributed by atoms with Gasteiger partial charge in [-0.05, 0) is 43.3 Å². The lowest BCUT2D eigenvalue weighted by Crippen LogP contribution is -2.15. The van der Waals surface area contributed by atoms with E-state index in [-0.39, 0.29) is 5.82 Å². The summed E-state index contributed by atoms with van der Waals surface area (Å²) in [6, 6.07) is 12.4. The van der Waals surface area contributed by atoms with Gasteiger partial charge in [-0.25, -0.2) is 4.39 Å². The molecule has 1 N–H and O–H groups in total. The Morgan fingerprint density at radius 2 is 2.00 bits per heavy atom. The average molecular weight is 338 g/mol. The Kier molecular flexibility index (Phi) is 5.56. The number of hydrogen-bond acceptors (Lipinski definition) is 2. The lowest BCUT2D eigenvalue weighted by atomic mass is 10.2. The van der Waals surface area contributed by atoms with Crippen LogP contribution in [0.15, 0.2) is 46.9 Å². The molecule has 0 spiro atoms. The van der Waals surface area contributed by atoms with Crippen molar-refractivity contribution in [1.29, 1.82) is 0 Å². The van der Waals surface area contributed by atoms with Gasteiger partial charge in [0, 0.05) is 16.6 Å². The molecular formula is C16H17BrFNO. The molecule has 106 valence electrons. The summed E-state index contributed by atoms with van der Waals surface area (Å²) in [5, 5.41) is 3.20. The third-order valence-electron chi connectivity index (χ3n) is 2.83. The normalized spacial score (nSPS) is 10.6. The van der Waals surface area contributed by atoms with Gasteiger partial charge in [0.1, 0.15) is 17.3 Å². The maximum absolute atomic E-state index is 13.9. The fourth-order valence-corrected chi connectivity index (χ4v) is 2.23. The molecule has 0 aliphatic rings. The van der Waals surface area contributed by atoms with Gasteiger partial charge >= 0.3 is 0 Å². The van der Waals surface area contributed by atoms with Crippen LogP contribution in [0.1, 0.15) is 18.9 Å². The first-order valence-corrected chi connectivity index (χ1v) is 7.41. The summed E-state index contributed by atoms with van der Waals surface area (Å²) in [6.07, 6.45) is 1.01. The molecule has 0 heterocycles. The molecule has 0 bridgehead atoms. The molecule has 0 aromatic heterocycles. The molecule has 2 rings (SSSR count). The Hall–Kier alpha value is -1.39. The molecule has 20 heavy (non-hydrogen) atoms. The summed E-state index contributed by atoms with van der Waals surface area (Å²) in [4.78, 5) is 0. The zero-order valence-electron chi connectivity index (χ0n) is 11.3. The first-order valence-electron chi connectivity index (χ1n) is 6.62. The Labute approximate surface area is 127 Å². The van der Waals surface area contributed by atoms with E-state index in [9.17, 15) is 4.39 Å². The quantitative estimate of drug-likeness (QED) is 0.758. The molecule has 2 aromatic carbocycles. The van der Waals surface area contributed by atoms with Crippen molar-refractivity contribution in [2.75, 3.05) is 6.54 Å². The van der Waals surface area contributed by atoms with Gasteiger partial charge < -0.3 is 10.1 Å². The highest BCUT2D eigenvalue weighted by Gasteiger charge is 2.10. The topological polar surface area (TPSA) is 21.3 Å². The highest BCUT2D eigenvalue weighted by Crippen LogP contribution is 2.28. The summed E-state index contributed by atoms with van der Waals surface area (Å²) < 4.78 is 20.6. The van der Waals surface area contributed by atoms with Crippen LogP contribution in [0.4, 0.5) is 4.39 Å². The minimum absolute atomic E-state index is 0.249. The van der Waals surface area contributed by atoms with Crippen LogP contribution in [0.2, 0.25) is 0 Å². The molecule has 0 fully saturated rings. The van der Waals surface area contributed by atoms with Gasteiger partial charge in [0.15, 0.2) is 0 Å². The standard InChI is InChI=1S/C16H17BrFNO/c1-2-9-19-11-14-15(18)7-4-8-16(14)20-13-6-3-5-12(17)10-13/h3-8,10,19H,2,9,11H2,1H3. The van der Waals surface area contributed by atoms with Crippen molar-refractivity contribution < 1.29 is 9.13 Å². The van der Waals surface area contributed by atoms with E-state index >= 15 is 0 Å². The van der Waals surface area contributed by atoms with Crippen molar-refractivity contribution in [3.8, 4) is 11.5 Å². The van der Waals surface area contributed by atoms with Crippen molar-refractivity contribution >= 4 is 15.9 Å². The van der Waals surface area contributed by atoms with Crippen LogP contribution in [-0.4, -0.2) is 6.54 Å². The summed E-state index contributed by atoms with van der Waals surface area (Å²) in [5.41, 5.74) is 0.556. The molecule has 2 aromatic rings. The molecule has 0 saturated heterocycles. The van der Waals surface area contributed by atoms with Gasteiger partial charge in [-0.15, -0.1) is 0 Å². The Balaban J connectivity index is 2.20. The smallest absolute Gasteiger partial charge is 0.134 e. The molecular weight excluding hydrogens is 321 g/mol.